The fraction of sp³-hybridized carbons (Fsp3) is 0.929. The van der Waals surface area contributed by atoms with Crippen LogP contribution in [0.25, 0.3) is 0 Å². The largest absolute Gasteiger partial charge is 0.308 e. The van der Waals surface area contributed by atoms with E-state index in [0.29, 0.717) is 18.2 Å². The SMILES string of the molecule is CCC(C)C(=O)CN(CCN(C)C)CC(C)C. The maximum Gasteiger partial charge on any atom is 0.149 e. The summed E-state index contributed by atoms with van der Waals surface area (Å²) in [6.07, 6.45) is 0.946. The molecule has 3 heteroatoms. The van der Waals surface area contributed by atoms with Crippen LogP contribution in [-0.2, 0) is 4.79 Å². The Hall–Kier alpha value is -0.410. The quantitative estimate of drug-likeness (QED) is 0.619. The van der Waals surface area contributed by atoms with E-state index in [1.54, 1.807) is 0 Å². The molecule has 0 aromatic rings. The molecule has 17 heavy (non-hydrogen) atoms. The van der Waals surface area contributed by atoms with Gasteiger partial charge >= 0.3 is 0 Å². The van der Waals surface area contributed by atoms with Crippen LogP contribution in [0.1, 0.15) is 34.1 Å². The molecule has 0 saturated heterocycles. The Balaban J connectivity index is 4.22. The summed E-state index contributed by atoms with van der Waals surface area (Å²) in [5.41, 5.74) is 0. The third kappa shape index (κ3) is 8.33. The zero-order valence-electron chi connectivity index (χ0n) is 12.5. The van der Waals surface area contributed by atoms with Crippen molar-refractivity contribution >= 4 is 5.78 Å². The number of likely N-dealkylation sites (N-methyl/N-ethyl adjacent to an activating group) is 1. The van der Waals surface area contributed by atoms with Gasteiger partial charge in [0.25, 0.3) is 0 Å². The Kier molecular flexibility index (Phi) is 8.44. The van der Waals surface area contributed by atoms with E-state index >= 15 is 0 Å². The van der Waals surface area contributed by atoms with E-state index in [9.17, 15) is 4.79 Å². The predicted octanol–water partition coefficient (Wildman–Crippen LogP) is 2.12. The molecule has 0 radical (unpaired) electrons. The van der Waals surface area contributed by atoms with Gasteiger partial charge in [0, 0.05) is 25.6 Å². The average Bonchev–Trinajstić information content (AvgIpc) is 2.23. The standard InChI is InChI=1S/C14H30N2O/c1-7-13(4)14(17)11-16(10-12(2)3)9-8-15(5)6/h12-13H,7-11H2,1-6H3. The van der Waals surface area contributed by atoms with Crippen molar-refractivity contribution in [3.05, 3.63) is 0 Å². The molecule has 0 aliphatic carbocycles. The summed E-state index contributed by atoms with van der Waals surface area (Å²) in [6.45, 7) is 12.1. The third-order valence-corrected chi connectivity index (χ3v) is 3.03. The van der Waals surface area contributed by atoms with E-state index in [4.69, 9.17) is 0 Å². The first-order valence-corrected chi connectivity index (χ1v) is 6.76. The van der Waals surface area contributed by atoms with E-state index in [1.807, 2.05) is 6.92 Å². The second kappa shape index (κ2) is 8.65. The highest BCUT2D eigenvalue weighted by atomic mass is 16.1. The molecule has 0 N–H and O–H groups in total. The Morgan fingerprint density at radius 3 is 2.12 bits per heavy atom. The minimum absolute atomic E-state index is 0.198. The summed E-state index contributed by atoms with van der Waals surface area (Å²) in [4.78, 5) is 16.4. The van der Waals surface area contributed by atoms with E-state index in [2.05, 4.69) is 44.7 Å². The first kappa shape index (κ1) is 16.6. The molecule has 0 spiro atoms. The molecule has 0 heterocycles. The molecule has 1 unspecified atom stereocenters. The van der Waals surface area contributed by atoms with Crippen molar-refractivity contribution in [1.29, 1.82) is 0 Å². The summed E-state index contributed by atoms with van der Waals surface area (Å²) >= 11 is 0. The van der Waals surface area contributed by atoms with Crippen molar-refractivity contribution in [1.82, 2.24) is 9.80 Å². The molecule has 0 aliphatic heterocycles. The van der Waals surface area contributed by atoms with E-state index in [0.717, 1.165) is 26.1 Å². The highest BCUT2D eigenvalue weighted by molar-refractivity contribution is 5.82. The molecule has 3 nitrogen and oxygen atoms in total. The van der Waals surface area contributed by atoms with Gasteiger partial charge in [-0.25, -0.2) is 0 Å². The molecular weight excluding hydrogens is 212 g/mol. The van der Waals surface area contributed by atoms with Crippen LogP contribution in [0.2, 0.25) is 0 Å². The van der Waals surface area contributed by atoms with Gasteiger partial charge < -0.3 is 4.90 Å². The lowest BCUT2D eigenvalue weighted by molar-refractivity contribution is -0.123. The van der Waals surface area contributed by atoms with Crippen molar-refractivity contribution in [2.45, 2.75) is 34.1 Å². The third-order valence-electron chi connectivity index (χ3n) is 3.03. The van der Waals surface area contributed by atoms with Crippen molar-refractivity contribution < 1.29 is 4.79 Å². The van der Waals surface area contributed by atoms with Crippen molar-refractivity contribution in [3.8, 4) is 0 Å². The van der Waals surface area contributed by atoms with Crippen LogP contribution in [0.5, 0.6) is 0 Å². The molecule has 0 rings (SSSR count). The molecule has 102 valence electrons. The number of ketones is 1. The highest BCUT2D eigenvalue weighted by Crippen LogP contribution is 2.06. The Morgan fingerprint density at radius 2 is 1.71 bits per heavy atom. The minimum Gasteiger partial charge on any atom is -0.308 e. The van der Waals surface area contributed by atoms with Crippen LogP contribution < -0.4 is 0 Å². The lowest BCUT2D eigenvalue weighted by Crippen LogP contribution is -2.39. The molecule has 0 saturated carbocycles. The maximum absolute atomic E-state index is 12.0. The monoisotopic (exact) mass is 242 g/mol. The average molecular weight is 242 g/mol. The van der Waals surface area contributed by atoms with Crippen LogP contribution in [0.4, 0.5) is 0 Å². The van der Waals surface area contributed by atoms with E-state index < -0.39 is 0 Å². The van der Waals surface area contributed by atoms with Gasteiger partial charge in [0.1, 0.15) is 5.78 Å². The number of nitrogens with zero attached hydrogens (tertiary/aromatic N) is 2. The van der Waals surface area contributed by atoms with Crippen molar-refractivity contribution in [2.75, 3.05) is 40.3 Å². The predicted molar refractivity (Wildman–Crippen MR) is 74.3 cm³/mol. The van der Waals surface area contributed by atoms with Crippen LogP contribution in [0.15, 0.2) is 0 Å². The summed E-state index contributed by atoms with van der Waals surface area (Å²) in [7, 11) is 4.15. The molecule has 0 bridgehead atoms. The first-order chi connectivity index (χ1) is 7.86. The number of hydrogen-bond acceptors (Lipinski definition) is 3. The number of rotatable bonds is 9. The summed E-state index contributed by atoms with van der Waals surface area (Å²) in [5.74, 6) is 1.19. The number of Topliss-reactive ketones (excluding diaryl/α,β-unsaturated/α-hetero) is 1. The number of carbonyl (C=O) groups excluding carboxylic acids is 1. The fourth-order valence-electron chi connectivity index (χ4n) is 1.70. The molecule has 0 fully saturated rings. The highest BCUT2D eigenvalue weighted by Gasteiger charge is 2.16. The number of carbonyl (C=O) groups is 1. The Labute approximate surface area is 107 Å². The van der Waals surface area contributed by atoms with Gasteiger partial charge in [-0.1, -0.05) is 27.7 Å². The van der Waals surface area contributed by atoms with Crippen LogP contribution in [0, 0.1) is 11.8 Å². The van der Waals surface area contributed by atoms with Gasteiger partial charge in [0.05, 0.1) is 6.54 Å². The lowest BCUT2D eigenvalue weighted by atomic mass is 10.0. The minimum atomic E-state index is 0.198. The molecular formula is C14H30N2O. The van der Waals surface area contributed by atoms with Gasteiger partial charge in [0.2, 0.25) is 0 Å². The van der Waals surface area contributed by atoms with Gasteiger partial charge in [-0.05, 0) is 26.4 Å². The molecule has 1 atom stereocenters. The van der Waals surface area contributed by atoms with Gasteiger partial charge in [-0.3, -0.25) is 9.69 Å². The number of hydrogen-bond donors (Lipinski definition) is 0. The van der Waals surface area contributed by atoms with Crippen molar-refractivity contribution in [2.24, 2.45) is 11.8 Å². The van der Waals surface area contributed by atoms with Gasteiger partial charge in [0.15, 0.2) is 0 Å². The van der Waals surface area contributed by atoms with Gasteiger partial charge in [-0.2, -0.15) is 0 Å². The second-order valence-corrected chi connectivity index (χ2v) is 5.71. The van der Waals surface area contributed by atoms with E-state index in [-0.39, 0.29) is 5.92 Å². The maximum atomic E-state index is 12.0. The summed E-state index contributed by atoms with van der Waals surface area (Å²) in [5, 5.41) is 0. The zero-order valence-corrected chi connectivity index (χ0v) is 12.5. The smallest absolute Gasteiger partial charge is 0.149 e. The van der Waals surface area contributed by atoms with Crippen LogP contribution >= 0.6 is 0 Å². The van der Waals surface area contributed by atoms with Crippen LogP contribution in [0.3, 0.4) is 0 Å². The molecule has 0 aromatic carbocycles. The van der Waals surface area contributed by atoms with Crippen molar-refractivity contribution in [3.63, 3.8) is 0 Å². The van der Waals surface area contributed by atoms with E-state index in [1.165, 1.54) is 0 Å². The molecule has 0 amide bonds. The molecule has 0 aromatic heterocycles. The summed E-state index contributed by atoms with van der Waals surface area (Å²) in [6, 6.07) is 0. The normalized spacial score (nSPS) is 13.7. The molecule has 0 aliphatic rings. The fourth-order valence-corrected chi connectivity index (χ4v) is 1.70. The Morgan fingerprint density at radius 1 is 1.12 bits per heavy atom. The lowest BCUT2D eigenvalue weighted by Gasteiger charge is -2.26. The topological polar surface area (TPSA) is 23.6 Å². The van der Waals surface area contributed by atoms with Gasteiger partial charge in [-0.15, -0.1) is 0 Å². The zero-order chi connectivity index (χ0) is 13.4. The first-order valence-electron chi connectivity index (χ1n) is 6.76. The summed E-state index contributed by atoms with van der Waals surface area (Å²) < 4.78 is 0. The second-order valence-electron chi connectivity index (χ2n) is 5.71. The Bertz CT molecular complexity index is 214. The van der Waals surface area contributed by atoms with Crippen LogP contribution in [-0.4, -0.2) is 55.9 Å².